The maximum Gasteiger partial charge on any atom is 0.348 e. The van der Waals surface area contributed by atoms with Gasteiger partial charge in [-0.05, 0) is 6.07 Å². The lowest BCUT2D eigenvalue weighted by atomic mass is 10.4. The van der Waals surface area contributed by atoms with Crippen LogP contribution in [0, 0.1) is 0 Å². The number of rotatable bonds is 2. The summed E-state index contributed by atoms with van der Waals surface area (Å²) in [6.07, 6.45) is 0.577. The summed E-state index contributed by atoms with van der Waals surface area (Å²) < 4.78 is 0. The molecule has 1 aromatic heterocycles. The fraction of sp³-hybridized carbons (Fsp3) is 0. The smallest absolute Gasteiger partial charge is 0.348 e. The monoisotopic (exact) mass is 171 g/mol. The molecule has 1 rings (SSSR count). The molecule has 0 saturated heterocycles. The van der Waals surface area contributed by atoms with Gasteiger partial charge in [0, 0.05) is 0 Å². The van der Waals surface area contributed by atoms with Crippen molar-refractivity contribution in [3.05, 3.63) is 15.8 Å². The first kappa shape index (κ1) is 7.74. The third-order valence-electron chi connectivity index (χ3n) is 1.09. The van der Waals surface area contributed by atoms with E-state index < -0.39 is 5.97 Å². The quantitative estimate of drug-likeness (QED) is 0.646. The number of carboxylic acids is 1. The average Bonchev–Trinajstić information content (AvgIpc) is 2.30. The molecule has 0 aromatic carbocycles. The first-order chi connectivity index (χ1) is 5.15. The van der Waals surface area contributed by atoms with Gasteiger partial charge in [0.05, 0.1) is 10.6 Å². The molecule has 3 N–H and O–H groups in total. The average molecular weight is 171 g/mol. The van der Waals surface area contributed by atoms with Gasteiger partial charge in [0.25, 0.3) is 0 Å². The number of carbonyl (C=O) groups excluding carboxylic acids is 1. The van der Waals surface area contributed by atoms with Gasteiger partial charge >= 0.3 is 5.97 Å². The Labute approximate surface area is 66.3 Å². The van der Waals surface area contributed by atoms with Gasteiger partial charge < -0.3 is 10.8 Å². The minimum Gasteiger partial charge on any atom is -0.477 e. The SMILES string of the molecule is Nc1cc(C=O)sc1C(=O)O. The summed E-state index contributed by atoms with van der Waals surface area (Å²) in [7, 11) is 0. The first-order valence-electron chi connectivity index (χ1n) is 2.73. The third-order valence-corrected chi connectivity index (χ3v) is 2.15. The van der Waals surface area contributed by atoms with E-state index in [0.717, 1.165) is 11.3 Å². The zero-order chi connectivity index (χ0) is 8.43. The van der Waals surface area contributed by atoms with Crippen molar-refractivity contribution >= 4 is 29.3 Å². The van der Waals surface area contributed by atoms with E-state index in [0.29, 0.717) is 11.2 Å². The molecular weight excluding hydrogens is 166 g/mol. The lowest BCUT2D eigenvalue weighted by Crippen LogP contribution is -1.96. The predicted octanol–water partition coefficient (Wildman–Crippen LogP) is 0.841. The van der Waals surface area contributed by atoms with Gasteiger partial charge in [-0.2, -0.15) is 0 Å². The van der Waals surface area contributed by atoms with Gasteiger partial charge in [0.1, 0.15) is 4.88 Å². The van der Waals surface area contributed by atoms with Crippen molar-refractivity contribution in [3.63, 3.8) is 0 Å². The summed E-state index contributed by atoms with van der Waals surface area (Å²) in [5.41, 5.74) is 5.43. The Hall–Kier alpha value is -1.36. The Balaban J connectivity index is 3.16. The molecule has 0 aliphatic heterocycles. The molecule has 11 heavy (non-hydrogen) atoms. The van der Waals surface area contributed by atoms with Crippen molar-refractivity contribution in [1.29, 1.82) is 0 Å². The van der Waals surface area contributed by atoms with Gasteiger partial charge in [-0.25, -0.2) is 4.79 Å². The molecule has 0 bridgehead atoms. The number of nitrogens with two attached hydrogens (primary N) is 1. The second-order valence-corrected chi connectivity index (χ2v) is 2.94. The molecule has 4 nitrogen and oxygen atoms in total. The van der Waals surface area contributed by atoms with Crippen LogP contribution < -0.4 is 5.73 Å². The van der Waals surface area contributed by atoms with Crippen molar-refractivity contribution < 1.29 is 14.7 Å². The van der Waals surface area contributed by atoms with E-state index in [9.17, 15) is 9.59 Å². The van der Waals surface area contributed by atoms with Crippen LogP contribution in [0.1, 0.15) is 19.3 Å². The van der Waals surface area contributed by atoms with Crippen LogP contribution in [0.2, 0.25) is 0 Å². The number of carbonyl (C=O) groups is 2. The molecule has 0 saturated carbocycles. The lowest BCUT2D eigenvalue weighted by molar-refractivity contribution is 0.0703. The van der Waals surface area contributed by atoms with Crippen molar-refractivity contribution in [3.8, 4) is 0 Å². The van der Waals surface area contributed by atoms with Crippen molar-refractivity contribution in [1.82, 2.24) is 0 Å². The fourth-order valence-corrected chi connectivity index (χ4v) is 1.38. The summed E-state index contributed by atoms with van der Waals surface area (Å²) in [4.78, 5) is 20.9. The molecule has 0 radical (unpaired) electrons. The van der Waals surface area contributed by atoms with Crippen LogP contribution in [-0.2, 0) is 0 Å². The zero-order valence-electron chi connectivity index (χ0n) is 5.40. The summed E-state index contributed by atoms with van der Waals surface area (Å²) in [5.74, 6) is -1.10. The lowest BCUT2D eigenvalue weighted by Gasteiger charge is -1.86. The Kier molecular flexibility index (Phi) is 1.91. The molecule has 0 amide bonds. The fourth-order valence-electron chi connectivity index (χ4n) is 0.650. The van der Waals surface area contributed by atoms with Crippen LogP contribution in [0.3, 0.4) is 0 Å². The molecule has 58 valence electrons. The molecule has 0 fully saturated rings. The highest BCUT2D eigenvalue weighted by atomic mass is 32.1. The van der Waals surface area contributed by atoms with Crippen LogP contribution >= 0.6 is 11.3 Å². The third kappa shape index (κ3) is 1.38. The van der Waals surface area contributed by atoms with E-state index in [1.165, 1.54) is 6.07 Å². The molecule has 0 unspecified atom stereocenters. The number of aldehydes is 1. The normalized spacial score (nSPS) is 9.45. The van der Waals surface area contributed by atoms with Crippen molar-refractivity contribution in [2.45, 2.75) is 0 Å². The Morgan fingerprint density at radius 3 is 2.64 bits per heavy atom. The Morgan fingerprint density at radius 1 is 1.73 bits per heavy atom. The molecular formula is C6H5NO3S. The van der Waals surface area contributed by atoms with Crippen LogP contribution in [0.15, 0.2) is 6.07 Å². The largest absolute Gasteiger partial charge is 0.477 e. The highest BCUT2D eigenvalue weighted by molar-refractivity contribution is 7.16. The molecule has 0 atom stereocenters. The zero-order valence-corrected chi connectivity index (χ0v) is 6.22. The molecule has 0 spiro atoms. The number of hydrogen-bond acceptors (Lipinski definition) is 4. The summed E-state index contributed by atoms with van der Waals surface area (Å²) in [6, 6.07) is 1.35. The summed E-state index contributed by atoms with van der Waals surface area (Å²) in [6.45, 7) is 0. The summed E-state index contributed by atoms with van der Waals surface area (Å²) in [5, 5.41) is 8.49. The number of anilines is 1. The Morgan fingerprint density at radius 2 is 2.36 bits per heavy atom. The van der Waals surface area contributed by atoms with E-state index in [1.807, 2.05) is 0 Å². The van der Waals surface area contributed by atoms with E-state index >= 15 is 0 Å². The van der Waals surface area contributed by atoms with Crippen LogP contribution in [0.5, 0.6) is 0 Å². The van der Waals surface area contributed by atoms with Gasteiger partial charge in [-0.1, -0.05) is 0 Å². The molecule has 5 heteroatoms. The topological polar surface area (TPSA) is 80.4 Å². The van der Waals surface area contributed by atoms with Crippen LogP contribution in [0.25, 0.3) is 0 Å². The number of aromatic carboxylic acids is 1. The maximum absolute atomic E-state index is 10.4. The summed E-state index contributed by atoms with van der Waals surface area (Å²) >= 11 is 0.875. The first-order valence-corrected chi connectivity index (χ1v) is 3.54. The highest BCUT2D eigenvalue weighted by Crippen LogP contribution is 2.22. The minimum atomic E-state index is -1.10. The molecule has 1 heterocycles. The second kappa shape index (κ2) is 2.71. The number of thiophene rings is 1. The van der Waals surface area contributed by atoms with Gasteiger partial charge in [0.2, 0.25) is 0 Å². The van der Waals surface area contributed by atoms with Crippen LogP contribution in [-0.4, -0.2) is 17.4 Å². The van der Waals surface area contributed by atoms with Crippen molar-refractivity contribution in [2.24, 2.45) is 0 Å². The van der Waals surface area contributed by atoms with Crippen molar-refractivity contribution in [2.75, 3.05) is 5.73 Å². The van der Waals surface area contributed by atoms with Gasteiger partial charge in [-0.3, -0.25) is 4.79 Å². The number of hydrogen-bond donors (Lipinski definition) is 2. The standard InChI is InChI=1S/C6H5NO3S/c7-4-1-3(2-8)11-5(4)6(9)10/h1-2H,7H2,(H,9,10). The van der Waals surface area contributed by atoms with E-state index in [2.05, 4.69) is 0 Å². The van der Waals surface area contributed by atoms with Gasteiger partial charge in [-0.15, -0.1) is 11.3 Å². The predicted molar refractivity (Wildman–Crippen MR) is 41.1 cm³/mol. The highest BCUT2D eigenvalue weighted by Gasteiger charge is 2.11. The number of carboxylic acid groups (broad SMARTS) is 1. The van der Waals surface area contributed by atoms with E-state index in [1.54, 1.807) is 0 Å². The minimum absolute atomic E-state index is 0.0205. The molecule has 0 aliphatic rings. The maximum atomic E-state index is 10.4. The van der Waals surface area contributed by atoms with Gasteiger partial charge in [0.15, 0.2) is 6.29 Å². The van der Waals surface area contributed by atoms with Crippen LogP contribution in [0.4, 0.5) is 5.69 Å². The second-order valence-electron chi connectivity index (χ2n) is 1.86. The molecule has 1 aromatic rings. The Bertz CT molecular complexity index is 305. The van der Waals surface area contributed by atoms with E-state index in [-0.39, 0.29) is 10.6 Å². The molecule has 0 aliphatic carbocycles. The number of nitrogen functional groups attached to an aromatic ring is 1. The van der Waals surface area contributed by atoms with E-state index in [4.69, 9.17) is 10.8 Å².